The van der Waals surface area contributed by atoms with Crippen molar-refractivity contribution in [2.24, 2.45) is 11.8 Å². The van der Waals surface area contributed by atoms with Gasteiger partial charge in [-0.15, -0.1) is 0 Å². The van der Waals surface area contributed by atoms with Crippen molar-refractivity contribution in [2.75, 3.05) is 6.61 Å². The second kappa shape index (κ2) is 1.97. The maximum absolute atomic E-state index is 11.5. The third-order valence-corrected chi connectivity index (χ3v) is 1.54. The highest BCUT2D eigenvalue weighted by molar-refractivity contribution is 4.86. The highest BCUT2D eigenvalue weighted by Gasteiger charge is 2.43. The normalized spacial score (nSPS) is 36.0. The zero-order valence-electron chi connectivity index (χ0n) is 4.35. The fourth-order valence-electron chi connectivity index (χ4n) is 0.790. The van der Waals surface area contributed by atoms with Crippen molar-refractivity contribution in [1.29, 1.82) is 0 Å². The maximum Gasteiger partial charge on any atom is 0.241 e. The number of aliphatic hydroxyl groups is 1. The Hall–Kier alpha value is -0.180. The molecule has 8 heavy (non-hydrogen) atoms. The molecule has 1 aliphatic rings. The van der Waals surface area contributed by atoms with E-state index in [0.29, 0.717) is 6.42 Å². The van der Waals surface area contributed by atoms with Gasteiger partial charge >= 0.3 is 0 Å². The van der Waals surface area contributed by atoms with Gasteiger partial charge in [-0.25, -0.2) is 8.78 Å². The second-order valence-corrected chi connectivity index (χ2v) is 2.18. The molecule has 1 fully saturated rings. The van der Waals surface area contributed by atoms with Gasteiger partial charge in [0.2, 0.25) is 6.43 Å². The molecule has 0 aromatic carbocycles. The Morgan fingerprint density at radius 2 is 2.25 bits per heavy atom. The van der Waals surface area contributed by atoms with Crippen LogP contribution in [0, 0.1) is 11.8 Å². The van der Waals surface area contributed by atoms with Crippen LogP contribution in [0.15, 0.2) is 0 Å². The molecule has 0 aromatic rings. The van der Waals surface area contributed by atoms with Gasteiger partial charge in [-0.05, 0) is 12.3 Å². The number of hydrogen-bond acceptors (Lipinski definition) is 1. The number of hydrogen-bond donors (Lipinski definition) is 1. The molecule has 0 radical (unpaired) electrons. The molecule has 3 heteroatoms. The summed E-state index contributed by atoms with van der Waals surface area (Å²) < 4.78 is 23.1. The fourth-order valence-corrected chi connectivity index (χ4v) is 0.790. The average molecular weight is 122 g/mol. The summed E-state index contributed by atoms with van der Waals surface area (Å²) in [7, 11) is 0. The lowest BCUT2D eigenvalue weighted by atomic mass is 10.3. The molecule has 0 saturated heterocycles. The van der Waals surface area contributed by atoms with Gasteiger partial charge in [0, 0.05) is 12.5 Å². The van der Waals surface area contributed by atoms with Crippen LogP contribution in [0.5, 0.6) is 0 Å². The Bertz CT molecular complexity index is 84.5. The Balaban J connectivity index is 2.16. The lowest BCUT2D eigenvalue weighted by Gasteiger charge is -1.91. The van der Waals surface area contributed by atoms with E-state index in [0.717, 1.165) is 0 Å². The van der Waals surface area contributed by atoms with Crippen molar-refractivity contribution in [1.82, 2.24) is 0 Å². The second-order valence-electron chi connectivity index (χ2n) is 2.18. The summed E-state index contributed by atoms with van der Waals surface area (Å²) in [6.45, 7) is -0.0744. The first-order valence-electron chi connectivity index (χ1n) is 2.64. The van der Waals surface area contributed by atoms with Crippen LogP contribution < -0.4 is 0 Å². The molecule has 0 heterocycles. The maximum atomic E-state index is 11.5. The first kappa shape index (κ1) is 5.95. The third kappa shape index (κ3) is 0.968. The monoisotopic (exact) mass is 122 g/mol. The molecular weight excluding hydrogens is 114 g/mol. The highest BCUT2D eigenvalue weighted by atomic mass is 19.3. The lowest BCUT2D eigenvalue weighted by molar-refractivity contribution is 0.108. The first-order valence-corrected chi connectivity index (χ1v) is 2.64. The zero-order valence-corrected chi connectivity index (χ0v) is 4.35. The van der Waals surface area contributed by atoms with E-state index >= 15 is 0 Å². The summed E-state index contributed by atoms with van der Waals surface area (Å²) in [6, 6.07) is 0. The van der Waals surface area contributed by atoms with Crippen LogP contribution in [0.25, 0.3) is 0 Å². The molecule has 0 unspecified atom stereocenters. The van der Waals surface area contributed by atoms with Gasteiger partial charge < -0.3 is 5.11 Å². The van der Waals surface area contributed by atoms with Crippen molar-refractivity contribution in [3.05, 3.63) is 0 Å². The standard InChI is InChI=1S/C5H8F2O/c6-5(7)4-1-3(4)2-8/h3-5,8H,1-2H2/t3-,4-/m1/s1. The van der Waals surface area contributed by atoms with Crippen molar-refractivity contribution < 1.29 is 13.9 Å². The summed E-state index contributed by atoms with van der Waals surface area (Å²) in [4.78, 5) is 0. The molecule has 0 bridgehead atoms. The topological polar surface area (TPSA) is 20.2 Å². The number of halogens is 2. The van der Waals surface area contributed by atoms with Crippen LogP contribution in [-0.4, -0.2) is 18.1 Å². The minimum atomic E-state index is -2.22. The quantitative estimate of drug-likeness (QED) is 0.576. The van der Waals surface area contributed by atoms with Gasteiger partial charge in [-0.1, -0.05) is 0 Å². The Morgan fingerprint density at radius 1 is 1.62 bits per heavy atom. The number of alkyl halides is 2. The average Bonchev–Trinajstić information content (AvgIpc) is 2.42. The van der Waals surface area contributed by atoms with Gasteiger partial charge in [0.15, 0.2) is 0 Å². The van der Waals surface area contributed by atoms with Crippen LogP contribution in [0.4, 0.5) is 8.78 Å². The van der Waals surface area contributed by atoms with Crippen LogP contribution in [0.1, 0.15) is 6.42 Å². The Kier molecular flexibility index (Phi) is 1.47. The molecule has 0 aliphatic heterocycles. The van der Waals surface area contributed by atoms with E-state index in [9.17, 15) is 8.78 Å². The van der Waals surface area contributed by atoms with Gasteiger partial charge in [0.25, 0.3) is 0 Å². The third-order valence-electron chi connectivity index (χ3n) is 1.54. The summed E-state index contributed by atoms with van der Waals surface area (Å²) in [6.07, 6.45) is -1.71. The van der Waals surface area contributed by atoms with Crippen LogP contribution in [0.2, 0.25) is 0 Å². The molecule has 0 spiro atoms. The van der Waals surface area contributed by atoms with Crippen molar-refractivity contribution >= 4 is 0 Å². The van der Waals surface area contributed by atoms with Crippen LogP contribution >= 0.6 is 0 Å². The molecular formula is C5H8F2O. The minimum Gasteiger partial charge on any atom is -0.396 e. The number of aliphatic hydroxyl groups excluding tert-OH is 1. The summed E-state index contributed by atoms with van der Waals surface area (Å²) in [5, 5.41) is 8.29. The van der Waals surface area contributed by atoms with Crippen molar-refractivity contribution in [2.45, 2.75) is 12.8 Å². The van der Waals surface area contributed by atoms with Gasteiger partial charge in [-0.2, -0.15) is 0 Å². The van der Waals surface area contributed by atoms with Crippen LogP contribution in [-0.2, 0) is 0 Å². The minimum absolute atomic E-state index is 0.0744. The largest absolute Gasteiger partial charge is 0.396 e. The molecule has 0 aromatic heterocycles. The summed E-state index contributed by atoms with van der Waals surface area (Å²) >= 11 is 0. The summed E-state index contributed by atoms with van der Waals surface area (Å²) in [5.74, 6) is -0.602. The van der Waals surface area contributed by atoms with E-state index in [1.165, 1.54) is 0 Å². The highest BCUT2D eigenvalue weighted by Crippen LogP contribution is 2.42. The molecule has 1 aliphatic carbocycles. The molecule has 1 saturated carbocycles. The van der Waals surface area contributed by atoms with Gasteiger partial charge in [0.1, 0.15) is 0 Å². The first-order chi connectivity index (χ1) is 3.75. The molecule has 1 N–H and O–H groups in total. The van der Waals surface area contributed by atoms with E-state index in [-0.39, 0.29) is 12.5 Å². The van der Waals surface area contributed by atoms with Gasteiger partial charge in [0.05, 0.1) is 0 Å². The van der Waals surface area contributed by atoms with Gasteiger partial charge in [-0.3, -0.25) is 0 Å². The Labute approximate surface area is 46.3 Å². The predicted molar refractivity (Wildman–Crippen MR) is 24.7 cm³/mol. The predicted octanol–water partition coefficient (Wildman–Crippen LogP) is 0.880. The zero-order chi connectivity index (χ0) is 6.15. The number of rotatable bonds is 2. The smallest absolute Gasteiger partial charge is 0.241 e. The SMILES string of the molecule is OC[C@H]1C[C@H]1C(F)F. The van der Waals surface area contributed by atoms with E-state index in [2.05, 4.69) is 0 Å². The van der Waals surface area contributed by atoms with E-state index < -0.39 is 12.3 Å². The van der Waals surface area contributed by atoms with Crippen molar-refractivity contribution in [3.8, 4) is 0 Å². The Morgan fingerprint density at radius 3 is 2.38 bits per heavy atom. The fraction of sp³-hybridized carbons (Fsp3) is 1.00. The molecule has 1 rings (SSSR count). The molecule has 0 amide bonds. The van der Waals surface area contributed by atoms with Crippen LogP contribution in [0.3, 0.4) is 0 Å². The lowest BCUT2D eigenvalue weighted by Crippen LogP contribution is -1.97. The van der Waals surface area contributed by atoms with E-state index in [4.69, 9.17) is 5.11 Å². The van der Waals surface area contributed by atoms with E-state index in [1.807, 2.05) is 0 Å². The molecule has 1 nitrogen and oxygen atoms in total. The molecule has 2 atom stereocenters. The molecule has 48 valence electrons. The summed E-state index contributed by atoms with van der Waals surface area (Å²) in [5.41, 5.74) is 0. The van der Waals surface area contributed by atoms with Crippen molar-refractivity contribution in [3.63, 3.8) is 0 Å². The van der Waals surface area contributed by atoms with E-state index in [1.54, 1.807) is 0 Å².